The van der Waals surface area contributed by atoms with Crippen molar-refractivity contribution in [3.8, 4) is 0 Å². The quantitative estimate of drug-likeness (QED) is 0.103. The van der Waals surface area contributed by atoms with Crippen LogP contribution in [-0.2, 0) is 23.7 Å². The topological polar surface area (TPSA) is 252 Å². The van der Waals surface area contributed by atoms with Gasteiger partial charge in [0.05, 0.1) is 31.3 Å². The number of likely N-dealkylation sites (tertiary alicyclic amines) is 1. The molecule has 3 aliphatic heterocycles. The Morgan fingerprint density at radius 2 is 1.84 bits per heavy atom. The second-order valence-electron chi connectivity index (χ2n) is 12.8. The number of carbonyl (C=O) groups is 1. The first kappa shape index (κ1) is 35.3. The number of ether oxygens (including phenoxy) is 4. The maximum Gasteiger partial charge on any atom is 0.250 e. The van der Waals surface area contributed by atoms with Gasteiger partial charge in [-0.1, -0.05) is 0 Å². The van der Waals surface area contributed by atoms with Crippen LogP contribution in [0, 0.1) is 0 Å². The van der Waals surface area contributed by atoms with Crippen LogP contribution in [-0.4, -0.2) is 157 Å². The molecule has 0 aromatic heterocycles. The summed E-state index contributed by atoms with van der Waals surface area (Å²) < 4.78 is 24.1. The molecule has 0 radical (unpaired) electrons. The lowest BCUT2D eigenvalue weighted by Gasteiger charge is -2.49. The van der Waals surface area contributed by atoms with E-state index in [1.54, 1.807) is 7.05 Å². The predicted molar refractivity (Wildman–Crippen MR) is 159 cm³/mol. The van der Waals surface area contributed by atoms with Crippen LogP contribution in [0.5, 0.6) is 0 Å². The van der Waals surface area contributed by atoms with Gasteiger partial charge in [0, 0.05) is 18.6 Å². The first-order valence-electron chi connectivity index (χ1n) is 15.5. The van der Waals surface area contributed by atoms with Gasteiger partial charge in [0.15, 0.2) is 6.29 Å². The summed E-state index contributed by atoms with van der Waals surface area (Å²) in [4.78, 5) is 14.9. The number of amides is 1. The van der Waals surface area contributed by atoms with E-state index in [1.807, 2.05) is 6.08 Å². The Bertz CT molecular complexity index is 970. The number of hydrogen-bond donors (Lipinski definition) is 10. The third-order valence-corrected chi connectivity index (χ3v) is 9.11. The second-order valence-corrected chi connectivity index (χ2v) is 12.8. The van der Waals surface area contributed by atoms with Gasteiger partial charge in [-0.15, -0.1) is 0 Å². The molecule has 4 rings (SSSR count). The van der Waals surface area contributed by atoms with Crippen LogP contribution >= 0.6 is 0 Å². The van der Waals surface area contributed by atoms with Crippen molar-refractivity contribution in [1.29, 1.82) is 0 Å². The highest BCUT2D eigenvalue weighted by molar-refractivity contribution is 5.81. The fraction of sp³-hybridized carbons (Fsp3) is 0.893. The number of carbonyl (C=O) groups excluding carboxylic acids is 1. The molecule has 0 unspecified atom stereocenters. The molecule has 16 nitrogen and oxygen atoms in total. The van der Waals surface area contributed by atoms with Gasteiger partial charge < -0.3 is 77.4 Å². The Morgan fingerprint density at radius 3 is 2.50 bits per heavy atom. The van der Waals surface area contributed by atoms with E-state index in [-0.39, 0.29) is 19.6 Å². The zero-order valence-corrected chi connectivity index (χ0v) is 25.9. The van der Waals surface area contributed by atoms with Crippen LogP contribution in [0.1, 0.15) is 32.6 Å². The smallest absolute Gasteiger partial charge is 0.250 e. The SMILES string of the molecule is CN[C@@H]1[C@@H](O)[C@@H](O[C@@H]2[C@@H](O)[C@H](O[C@H]3OC(CNC4CCN(C)CC4)=CC[C@H]3N)[C@@H](N)C[C@H]2NC(=O)[C@@H](O)CN)OC[C@]1(C)O. The van der Waals surface area contributed by atoms with Crippen LogP contribution in [0.3, 0.4) is 0 Å². The average Bonchev–Trinajstić information content (AvgIpc) is 2.98. The van der Waals surface area contributed by atoms with Crippen molar-refractivity contribution in [3.63, 3.8) is 0 Å². The van der Waals surface area contributed by atoms with Gasteiger partial charge in [-0.05, 0) is 65.9 Å². The third-order valence-electron chi connectivity index (χ3n) is 9.11. The summed E-state index contributed by atoms with van der Waals surface area (Å²) in [7, 11) is 3.69. The maximum atomic E-state index is 12.6. The van der Waals surface area contributed by atoms with E-state index in [0.717, 1.165) is 25.9 Å². The summed E-state index contributed by atoms with van der Waals surface area (Å²) in [5.74, 6) is -0.0809. The molecular formula is C28H53N7O9. The zero-order chi connectivity index (χ0) is 32.2. The number of aliphatic hydroxyl groups is 4. The molecule has 3 fully saturated rings. The fourth-order valence-electron chi connectivity index (χ4n) is 6.36. The Labute approximate surface area is 258 Å². The highest BCUT2D eigenvalue weighted by atomic mass is 16.7. The normalized spacial score (nSPS) is 41.5. The van der Waals surface area contributed by atoms with Gasteiger partial charge in [0.1, 0.15) is 41.9 Å². The van der Waals surface area contributed by atoms with Crippen LogP contribution in [0.15, 0.2) is 11.8 Å². The highest BCUT2D eigenvalue weighted by Gasteiger charge is 2.52. The predicted octanol–water partition coefficient (Wildman–Crippen LogP) is -4.65. The van der Waals surface area contributed by atoms with Crippen LogP contribution in [0.2, 0.25) is 0 Å². The Kier molecular flexibility index (Phi) is 12.4. The van der Waals surface area contributed by atoms with Gasteiger partial charge in [0.2, 0.25) is 12.2 Å². The number of nitrogens with one attached hydrogen (secondary N) is 3. The second kappa shape index (κ2) is 15.4. The maximum absolute atomic E-state index is 12.6. The fourth-order valence-corrected chi connectivity index (χ4v) is 6.36. The van der Waals surface area contributed by atoms with Gasteiger partial charge in [-0.3, -0.25) is 4.79 Å². The molecular weight excluding hydrogens is 578 g/mol. The van der Waals surface area contributed by atoms with Crippen LogP contribution < -0.4 is 33.2 Å². The molecule has 0 aromatic rings. The lowest BCUT2D eigenvalue weighted by molar-refractivity contribution is -0.304. The summed E-state index contributed by atoms with van der Waals surface area (Å²) in [6, 6.07) is -2.67. The number of nitrogens with two attached hydrogens (primary N) is 3. The number of aliphatic hydroxyl groups excluding tert-OH is 3. The number of hydrogen-bond acceptors (Lipinski definition) is 15. The standard InChI is InChI=1S/C28H53N7O9/c1-28(40)13-41-27(21(38)24(28)32-2)44-23-18(34-25(39)19(36)11-29)10-17(31)22(20(23)37)43-26-16(30)5-4-15(42-26)12-33-14-6-8-35(3)9-7-14/h4,14,16-24,26-27,32-33,36-38,40H,5-13,29-31H2,1-3H3,(H,34,39)/t16-,17+,18-,19+,20+,21-,22-,23+,24-,26-,27-,28+/m1/s1. The molecule has 1 aliphatic carbocycles. The zero-order valence-electron chi connectivity index (χ0n) is 25.9. The molecule has 16 heteroatoms. The summed E-state index contributed by atoms with van der Waals surface area (Å²) in [5.41, 5.74) is 16.9. The molecule has 0 spiro atoms. The van der Waals surface area contributed by atoms with Gasteiger partial charge >= 0.3 is 0 Å². The first-order valence-corrected chi connectivity index (χ1v) is 15.5. The molecule has 0 bridgehead atoms. The van der Waals surface area contributed by atoms with Crippen molar-refractivity contribution >= 4 is 5.91 Å². The van der Waals surface area contributed by atoms with Gasteiger partial charge in [-0.25, -0.2) is 0 Å². The summed E-state index contributed by atoms with van der Waals surface area (Å²) in [6.45, 7) is 3.60. The number of piperidine rings is 1. The molecule has 13 N–H and O–H groups in total. The Balaban J connectivity index is 1.45. The van der Waals surface area contributed by atoms with Crippen molar-refractivity contribution in [2.24, 2.45) is 17.2 Å². The molecule has 2 saturated heterocycles. The average molecular weight is 632 g/mol. The van der Waals surface area contributed by atoms with Crippen LogP contribution in [0.25, 0.3) is 0 Å². The Hall–Kier alpha value is -1.51. The van der Waals surface area contributed by atoms with Crippen LogP contribution in [0.4, 0.5) is 0 Å². The van der Waals surface area contributed by atoms with Gasteiger partial charge in [-0.2, -0.15) is 0 Å². The lowest BCUT2D eigenvalue weighted by Crippen LogP contribution is -2.69. The molecule has 254 valence electrons. The molecule has 0 aromatic carbocycles. The summed E-state index contributed by atoms with van der Waals surface area (Å²) >= 11 is 0. The molecule has 1 amide bonds. The first-order chi connectivity index (χ1) is 20.8. The van der Waals surface area contributed by atoms with E-state index in [0.29, 0.717) is 24.8 Å². The molecule has 44 heavy (non-hydrogen) atoms. The Morgan fingerprint density at radius 1 is 1.16 bits per heavy atom. The molecule has 4 aliphatic rings. The molecule has 3 heterocycles. The minimum absolute atomic E-state index is 0.0771. The van der Waals surface area contributed by atoms with E-state index >= 15 is 0 Å². The highest BCUT2D eigenvalue weighted by Crippen LogP contribution is 2.32. The summed E-state index contributed by atoms with van der Waals surface area (Å²) in [6.07, 6.45) is -4.10. The minimum atomic E-state index is -1.49. The van der Waals surface area contributed by atoms with Crippen molar-refractivity contribution in [2.45, 2.75) is 112 Å². The number of nitrogens with zero attached hydrogens (tertiary/aromatic N) is 1. The minimum Gasteiger partial charge on any atom is -0.467 e. The van der Waals surface area contributed by atoms with E-state index in [1.165, 1.54) is 6.92 Å². The molecule has 1 saturated carbocycles. The van der Waals surface area contributed by atoms with Crippen molar-refractivity contribution < 1.29 is 44.2 Å². The van der Waals surface area contributed by atoms with Gasteiger partial charge in [0.25, 0.3) is 0 Å². The van der Waals surface area contributed by atoms with Crippen molar-refractivity contribution in [2.75, 3.05) is 46.9 Å². The van der Waals surface area contributed by atoms with E-state index < -0.39 is 78.8 Å². The third kappa shape index (κ3) is 8.44. The number of likely N-dealkylation sites (N-methyl/N-ethyl adjacent to an activating group) is 1. The van der Waals surface area contributed by atoms with E-state index in [9.17, 15) is 25.2 Å². The largest absolute Gasteiger partial charge is 0.467 e. The lowest BCUT2D eigenvalue weighted by atomic mass is 9.83. The van der Waals surface area contributed by atoms with E-state index in [2.05, 4.69) is 27.9 Å². The molecule has 12 atom stereocenters. The monoisotopic (exact) mass is 631 g/mol. The van der Waals surface area contributed by atoms with E-state index in [4.69, 9.17) is 36.1 Å². The number of rotatable bonds is 11. The van der Waals surface area contributed by atoms with Crippen molar-refractivity contribution in [1.82, 2.24) is 20.9 Å². The summed E-state index contributed by atoms with van der Waals surface area (Å²) in [5, 5.41) is 52.3. The van der Waals surface area contributed by atoms with Crippen molar-refractivity contribution in [3.05, 3.63) is 11.8 Å².